The summed E-state index contributed by atoms with van der Waals surface area (Å²) in [6, 6.07) is 14.2. The molecule has 5 rings (SSSR count). The zero-order valence-electron chi connectivity index (χ0n) is 20.7. The fourth-order valence-electron chi connectivity index (χ4n) is 4.66. The van der Waals surface area contributed by atoms with Crippen LogP contribution in [0.4, 0.5) is 5.69 Å². The number of aliphatic hydroxyl groups excluding tert-OH is 1. The summed E-state index contributed by atoms with van der Waals surface area (Å²) in [4.78, 5) is 18.9. The normalized spacial score (nSPS) is 16.6. The minimum atomic E-state index is -0.639. The molecule has 2 aliphatic rings. The van der Waals surface area contributed by atoms with Gasteiger partial charge in [0, 0.05) is 43.5 Å². The van der Waals surface area contributed by atoms with Crippen LogP contribution >= 0.6 is 0 Å². The zero-order chi connectivity index (χ0) is 24.9. The van der Waals surface area contributed by atoms with Crippen molar-refractivity contribution in [2.45, 2.75) is 57.9 Å². The second-order valence-electron chi connectivity index (χ2n) is 9.78. The number of carbonyl (C=O) groups excluding carboxylic acids is 1. The van der Waals surface area contributed by atoms with Crippen molar-refractivity contribution in [2.24, 2.45) is 0 Å². The smallest absolute Gasteiger partial charge is 0.251 e. The van der Waals surface area contributed by atoms with E-state index in [1.807, 2.05) is 31.2 Å². The first-order valence-electron chi connectivity index (χ1n) is 12.7. The summed E-state index contributed by atoms with van der Waals surface area (Å²) < 4.78 is 11.2. The lowest BCUT2D eigenvalue weighted by Gasteiger charge is -2.30. The maximum absolute atomic E-state index is 12.6. The Labute approximate surface area is 211 Å². The number of fused-ring (bicyclic) bond motifs is 1. The lowest BCUT2D eigenvalue weighted by molar-refractivity contribution is 0.0841. The van der Waals surface area contributed by atoms with Crippen LogP contribution in [-0.2, 0) is 19.6 Å². The lowest BCUT2D eigenvalue weighted by atomic mass is 9.93. The fraction of sp³-hybridized carbons (Fsp3) is 0.429. The van der Waals surface area contributed by atoms with Crippen LogP contribution in [0.1, 0.15) is 52.2 Å². The fourth-order valence-corrected chi connectivity index (χ4v) is 4.66. The van der Waals surface area contributed by atoms with E-state index < -0.39 is 6.10 Å². The van der Waals surface area contributed by atoms with Gasteiger partial charge in [0.25, 0.3) is 5.91 Å². The van der Waals surface area contributed by atoms with Crippen LogP contribution in [0, 0.1) is 6.92 Å². The SMILES string of the molecule is Cc1ncoc1COc1ccc2c(c1)CCN(C[C@@H](O)CNC(=O)c1cccc(NC3CCC3)c1)C2. The first kappa shape index (κ1) is 24.3. The van der Waals surface area contributed by atoms with Crippen molar-refractivity contribution >= 4 is 11.6 Å². The molecule has 3 aromatic rings. The van der Waals surface area contributed by atoms with Gasteiger partial charge in [-0.1, -0.05) is 12.1 Å². The molecule has 2 heterocycles. The van der Waals surface area contributed by atoms with Gasteiger partial charge in [-0.2, -0.15) is 0 Å². The predicted molar refractivity (Wildman–Crippen MR) is 137 cm³/mol. The number of carbonyl (C=O) groups is 1. The van der Waals surface area contributed by atoms with E-state index in [4.69, 9.17) is 9.15 Å². The highest BCUT2D eigenvalue weighted by molar-refractivity contribution is 5.95. The van der Waals surface area contributed by atoms with Crippen LogP contribution in [0.3, 0.4) is 0 Å². The highest BCUT2D eigenvalue weighted by atomic mass is 16.5. The number of β-amino-alcohol motifs (C(OH)–C–C–N with tert-alkyl or cyclic N) is 1. The average molecular weight is 491 g/mol. The van der Waals surface area contributed by atoms with Crippen molar-refractivity contribution in [3.8, 4) is 5.75 Å². The monoisotopic (exact) mass is 490 g/mol. The molecule has 2 aromatic carbocycles. The molecule has 1 aromatic heterocycles. The minimum absolute atomic E-state index is 0.164. The van der Waals surface area contributed by atoms with Crippen LogP contribution < -0.4 is 15.4 Å². The number of hydrogen-bond donors (Lipinski definition) is 3. The number of aromatic nitrogens is 1. The van der Waals surface area contributed by atoms with Crippen LogP contribution in [0.2, 0.25) is 0 Å². The molecule has 3 N–H and O–H groups in total. The van der Waals surface area contributed by atoms with Crippen molar-refractivity contribution in [1.82, 2.24) is 15.2 Å². The van der Waals surface area contributed by atoms with Gasteiger partial charge in [-0.05, 0) is 74.1 Å². The number of aliphatic hydroxyl groups is 1. The van der Waals surface area contributed by atoms with Gasteiger partial charge in [0.2, 0.25) is 0 Å². The third-order valence-corrected chi connectivity index (χ3v) is 7.05. The van der Waals surface area contributed by atoms with Gasteiger partial charge in [-0.15, -0.1) is 0 Å². The maximum Gasteiger partial charge on any atom is 0.251 e. The quantitative estimate of drug-likeness (QED) is 0.399. The Bertz CT molecular complexity index is 1190. The van der Waals surface area contributed by atoms with Crippen molar-refractivity contribution in [1.29, 1.82) is 0 Å². The summed E-state index contributed by atoms with van der Waals surface area (Å²) >= 11 is 0. The molecule has 190 valence electrons. The molecule has 1 atom stereocenters. The predicted octanol–water partition coefficient (Wildman–Crippen LogP) is 3.68. The number of nitrogens with one attached hydrogen (secondary N) is 2. The van der Waals surface area contributed by atoms with E-state index in [-0.39, 0.29) is 12.5 Å². The van der Waals surface area contributed by atoms with E-state index in [0.29, 0.717) is 24.8 Å². The third-order valence-electron chi connectivity index (χ3n) is 7.05. The Morgan fingerprint density at radius 2 is 2.14 bits per heavy atom. The molecule has 8 nitrogen and oxygen atoms in total. The second kappa shape index (κ2) is 11.1. The Morgan fingerprint density at radius 1 is 1.25 bits per heavy atom. The first-order valence-corrected chi connectivity index (χ1v) is 12.7. The van der Waals surface area contributed by atoms with E-state index >= 15 is 0 Å². The number of amides is 1. The van der Waals surface area contributed by atoms with E-state index in [1.54, 1.807) is 6.07 Å². The molecule has 36 heavy (non-hydrogen) atoms. The van der Waals surface area contributed by atoms with Gasteiger partial charge in [0.05, 0.1) is 11.8 Å². The lowest BCUT2D eigenvalue weighted by Crippen LogP contribution is -2.42. The van der Waals surface area contributed by atoms with E-state index in [0.717, 1.165) is 42.4 Å². The first-order chi connectivity index (χ1) is 17.5. The number of nitrogens with zero attached hydrogens (tertiary/aromatic N) is 2. The molecule has 1 saturated carbocycles. The molecule has 0 spiro atoms. The van der Waals surface area contributed by atoms with Gasteiger partial charge < -0.3 is 24.9 Å². The summed E-state index contributed by atoms with van der Waals surface area (Å²) in [6.45, 7) is 4.59. The Hall–Kier alpha value is -3.36. The van der Waals surface area contributed by atoms with Gasteiger partial charge in [-0.25, -0.2) is 4.98 Å². The van der Waals surface area contributed by atoms with Crippen molar-refractivity contribution < 1.29 is 19.1 Å². The summed E-state index contributed by atoms with van der Waals surface area (Å²) in [5.41, 5.74) is 4.91. The van der Waals surface area contributed by atoms with Crippen LogP contribution in [-0.4, -0.2) is 52.7 Å². The Kier molecular flexibility index (Phi) is 7.53. The highest BCUT2D eigenvalue weighted by Gasteiger charge is 2.21. The third kappa shape index (κ3) is 6.06. The van der Waals surface area contributed by atoms with Crippen LogP contribution in [0.5, 0.6) is 5.75 Å². The molecule has 0 bridgehead atoms. The van der Waals surface area contributed by atoms with Gasteiger partial charge in [-0.3, -0.25) is 9.69 Å². The summed E-state index contributed by atoms with van der Waals surface area (Å²) in [5, 5.41) is 16.9. The largest absolute Gasteiger partial charge is 0.486 e. The van der Waals surface area contributed by atoms with E-state index in [1.165, 1.54) is 36.8 Å². The second-order valence-corrected chi connectivity index (χ2v) is 9.78. The van der Waals surface area contributed by atoms with Gasteiger partial charge in [0.15, 0.2) is 12.2 Å². The number of oxazole rings is 1. The minimum Gasteiger partial charge on any atom is -0.486 e. The van der Waals surface area contributed by atoms with Gasteiger partial charge in [0.1, 0.15) is 12.4 Å². The summed E-state index contributed by atoms with van der Waals surface area (Å²) in [6.07, 6.45) is 5.30. The molecule has 1 fully saturated rings. The average Bonchev–Trinajstić information content (AvgIpc) is 3.28. The molecular weight excluding hydrogens is 456 g/mol. The number of hydrogen-bond acceptors (Lipinski definition) is 7. The van der Waals surface area contributed by atoms with Crippen molar-refractivity contribution in [3.05, 3.63) is 77.0 Å². The molecule has 1 amide bonds. The van der Waals surface area contributed by atoms with Crippen LogP contribution in [0.15, 0.2) is 53.3 Å². The van der Waals surface area contributed by atoms with Crippen LogP contribution in [0.25, 0.3) is 0 Å². The van der Waals surface area contributed by atoms with Crippen molar-refractivity contribution in [2.75, 3.05) is 25.0 Å². The molecule has 1 aliphatic carbocycles. The number of aryl methyl sites for hydroxylation is 1. The van der Waals surface area contributed by atoms with E-state index in [2.05, 4.69) is 32.7 Å². The summed E-state index contributed by atoms with van der Waals surface area (Å²) in [5.74, 6) is 1.38. The zero-order valence-corrected chi connectivity index (χ0v) is 20.7. The molecule has 0 radical (unpaired) electrons. The highest BCUT2D eigenvalue weighted by Crippen LogP contribution is 2.25. The van der Waals surface area contributed by atoms with Gasteiger partial charge >= 0.3 is 0 Å². The molecular formula is C28H34N4O4. The maximum atomic E-state index is 12.6. The van der Waals surface area contributed by atoms with E-state index in [9.17, 15) is 9.90 Å². The number of rotatable bonds is 10. The Balaban J connectivity index is 1.07. The molecule has 0 saturated heterocycles. The number of anilines is 1. The molecule has 0 unspecified atom stereocenters. The molecule has 8 heteroatoms. The number of ether oxygens (including phenoxy) is 1. The summed E-state index contributed by atoms with van der Waals surface area (Å²) in [7, 11) is 0. The Morgan fingerprint density at radius 3 is 2.92 bits per heavy atom. The number of benzene rings is 2. The standard InChI is InChI=1S/C28H34N4O4/c1-19-27(36-18-30-19)17-35-26-9-8-22-15-32(11-10-20(22)13-26)16-25(33)14-29-28(34)21-4-2-7-24(12-21)31-23-5-3-6-23/h2,4,7-9,12-13,18,23,25,31,33H,3,5-6,10-11,14-17H2,1H3,(H,29,34)/t25-/m0/s1. The van der Waals surface area contributed by atoms with Crippen molar-refractivity contribution in [3.63, 3.8) is 0 Å². The topological polar surface area (TPSA) is 99.9 Å². The molecule has 1 aliphatic heterocycles.